The smallest absolute Gasteiger partial charge is 0.231 e. The number of amides is 1. The molecule has 0 fully saturated rings. The third-order valence-electron chi connectivity index (χ3n) is 2.99. The minimum Gasteiger partial charge on any atom is -0.369 e. The van der Waals surface area contributed by atoms with Crippen molar-refractivity contribution in [3.05, 3.63) is 35.7 Å². The van der Waals surface area contributed by atoms with Crippen LogP contribution in [-0.4, -0.2) is 35.4 Å². The van der Waals surface area contributed by atoms with E-state index in [1.165, 1.54) is 11.1 Å². The summed E-state index contributed by atoms with van der Waals surface area (Å²) in [7, 11) is 0. The molecule has 0 saturated heterocycles. The lowest BCUT2D eigenvalue weighted by Crippen LogP contribution is -2.36. The average molecular weight is 231 g/mol. The van der Waals surface area contributed by atoms with Gasteiger partial charge in [0.2, 0.25) is 5.91 Å². The van der Waals surface area contributed by atoms with Crippen molar-refractivity contribution in [3.8, 4) is 0 Å². The summed E-state index contributed by atoms with van der Waals surface area (Å²) in [5.74, 6) is -0.268. The van der Waals surface area contributed by atoms with Crippen molar-refractivity contribution >= 4 is 11.5 Å². The first kappa shape index (κ1) is 11.8. The van der Waals surface area contributed by atoms with Crippen LogP contribution in [0, 0.1) is 6.92 Å². The SMILES string of the molecule is Cc1cccnc1C1=CCN(CC(N)=O)CC1. The van der Waals surface area contributed by atoms with Crippen molar-refractivity contribution in [1.82, 2.24) is 9.88 Å². The quantitative estimate of drug-likeness (QED) is 0.843. The van der Waals surface area contributed by atoms with E-state index in [0.717, 1.165) is 25.2 Å². The molecule has 0 bridgehead atoms. The number of rotatable bonds is 3. The molecule has 0 saturated carbocycles. The monoisotopic (exact) mass is 231 g/mol. The number of aryl methyl sites for hydroxylation is 1. The molecule has 4 heteroatoms. The van der Waals surface area contributed by atoms with E-state index in [1.54, 1.807) is 0 Å². The van der Waals surface area contributed by atoms with Gasteiger partial charge < -0.3 is 5.73 Å². The van der Waals surface area contributed by atoms with Crippen molar-refractivity contribution in [2.45, 2.75) is 13.3 Å². The van der Waals surface area contributed by atoms with Crippen molar-refractivity contribution in [2.75, 3.05) is 19.6 Å². The van der Waals surface area contributed by atoms with Crippen molar-refractivity contribution in [2.24, 2.45) is 5.73 Å². The Morgan fingerprint density at radius 1 is 1.59 bits per heavy atom. The summed E-state index contributed by atoms with van der Waals surface area (Å²) >= 11 is 0. The van der Waals surface area contributed by atoms with Crippen LogP contribution in [-0.2, 0) is 4.79 Å². The van der Waals surface area contributed by atoms with Crippen LogP contribution in [0.15, 0.2) is 24.4 Å². The maximum absolute atomic E-state index is 10.8. The number of aromatic nitrogens is 1. The van der Waals surface area contributed by atoms with Gasteiger partial charge in [0.25, 0.3) is 0 Å². The molecule has 1 amide bonds. The summed E-state index contributed by atoms with van der Waals surface area (Å²) in [6.45, 7) is 4.04. The molecule has 1 aromatic rings. The van der Waals surface area contributed by atoms with Crippen LogP contribution in [0.2, 0.25) is 0 Å². The number of carbonyl (C=O) groups is 1. The van der Waals surface area contributed by atoms with Gasteiger partial charge in [-0.25, -0.2) is 0 Å². The minimum absolute atomic E-state index is 0.268. The van der Waals surface area contributed by atoms with Crippen molar-refractivity contribution in [3.63, 3.8) is 0 Å². The Hall–Kier alpha value is -1.68. The Labute approximate surface area is 101 Å². The number of hydrogen-bond donors (Lipinski definition) is 1. The van der Waals surface area contributed by atoms with E-state index in [0.29, 0.717) is 6.54 Å². The number of nitrogens with zero attached hydrogens (tertiary/aromatic N) is 2. The summed E-state index contributed by atoms with van der Waals surface area (Å²) < 4.78 is 0. The zero-order valence-electron chi connectivity index (χ0n) is 10.0. The van der Waals surface area contributed by atoms with Crippen LogP contribution < -0.4 is 5.73 Å². The first-order valence-electron chi connectivity index (χ1n) is 5.78. The van der Waals surface area contributed by atoms with Gasteiger partial charge in [-0.1, -0.05) is 12.1 Å². The topological polar surface area (TPSA) is 59.2 Å². The molecule has 90 valence electrons. The highest BCUT2D eigenvalue weighted by Gasteiger charge is 2.15. The first-order valence-corrected chi connectivity index (χ1v) is 5.78. The number of hydrogen-bond acceptors (Lipinski definition) is 3. The summed E-state index contributed by atoms with van der Waals surface area (Å²) in [5.41, 5.74) is 8.72. The van der Waals surface area contributed by atoms with Gasteiger partial charge in [0.05, 0.1) is 12.2 Å². The van der Waals surface area contributed by atoms with E-state index in [9.17, 15) is 4.79 Å². The lowest BCUT2D eigenvalue weighted by Gasteiger charge is -2.25. The van der Waals surface area contributed by atoms with E-state index in [2.05, 4.69) is 24.1 Å². The van der Waals surface area contributed by atoms with Gasteiger partial charge >= 0.3 is 0 Å². The number of pyridine rings is 1. The fourth-order valence-electron chi connectivity index (χ4n) is 2.11. The van der Waals surface area contributed by atoms with Crippen molar-refractivity contribution < 1.29 is 4.79 Å². The van der Waals surface area contributed by atoms with Crippen LogP contribution in [0.4, 0.5) is 0 Å². The molecule has 0 radical (unpaired) electrons. The highest BCUT2D eigenvalue weighted by molar-refractivity contribution is 5.76. The van der Waals surface area contributed by atoms with Gasteiger partial charge in [0, 0.05) is 19.3 Å². The Bertz CT molecular complexity index is 454. The fraction of sp³-hybridized carbons (Fsp3) is 0.385. The van der Waals surface area contributed by atoms with E-state index in [4.69, 9.17) is 5.73 Å². The summed E-state index contributed by atoms with van der Waals surface area (Å²) in [6, 6.07) is 4.01. The van der Waals surface area contributed by atoms with Crippen molar-refractivity contribution in [1.29, 1.82) is 0 Å². The molecule has 0 spiro atoms. The first-order chi connectivity index (χ1) is 8.16. The molecule has 2 rings (SSSR count). The molecule has 17 heavy (non-hydrogen) atoms. The van der Waals surface area contributed by atoms with Crippen LogP contribution in [0.25, 0.3) is 5.57 Å². The molecule has 2 N–H and O–H groups in total. The molecule has 0 unspecified atom stereocenters. The molecule has 1 aliphatic rings. The summed E-state index contributed by atoms with van der Waals surface area (Å²) in [6.07, 6.45) is 4.88. The predicted molar refractivity (Wildman–Crippen MR) is 67.2 cm³/mol. The normalized spacial score (nSPS) is 16.6. The van der Waals surface area contributed by atoms with Crippen LogP contribution in [0.3, 0.4) is 0 Å². The molecule has 1 aromatic heterocycles. The van der Waals surface area contributed by atoms with Gasteiger partial charge in [0.1, 0.15) is 0 Å². The number of carbonyl (C=O) groups excluding carboxylic acids is 1. The average Bonchev–Trinajstić information content (AvgIpc) is 2.30. The summed E-state index contributed by atoms with van der Waals surface area (Å²) in [5, 5.41) is 0. The maximum atomic E-state index is 10.8. The molecule has 4 nitrogen and oxygen atoms in total. The molecule has 1 aliphatic heterocycles. The Morgan fingerprint density at radius 3 is 3.00 bits per heavy atom. The highest BCUT2D eigenvalue weighted by atomic mass is 16.1. The predicted octanol–water partition coefficient (Wildman–Crippen LogP) is 0.964. The minimum atomic E-state index is -0.268. The second kappa shape index (κ2) is 5.10. The Morgan fingerprint density at radius 2 is 2.41 bits per heavy atom. The van der Waals surface area contributed by atoms with E-state index in [1.807, 2.05) is 17.2 Å². The zero-order chi connectivity index (χ0) is 12.3. The van der Waals surface area contributed by atoms with Gasteiger partial charge in [-0.15, -0.1) is 0 Å². The molecular weight excluding hydrogens is 214 g/mol. The summed E-state index contributed by atoms with van der Waals surface area (Å²) in [4.78, 5) is 17.3. The number of primary amides is 1. The zero-order valence-corrected chi connectivity index (χ0v) is 10.0. The highest BCUT2D eigenvalue weighted by Crippen LogP contribution is 2.22. The van der Waals surface area contributed by atoms with Crippen LogP contribution in [0.5, 0.6) is 0 Å². The van der Waals surface area contributed by atoms with E-state index in [-0.39, 0.29) is 5.91 Å². The third kappa shape index (κ3) is 2.91. The lowest BCUT2D eigenvalue weighted by molar-refractivity contribution is -0.119. The molecular formula is C13H17N3O. The second-order valence-electron chi connectivity index (χ2n) is 4.35. The fourth-order valence-corrected chi connectivity index (χ4v) is 2.11. The third-order valence-corrected chi connectivity index (χ3v) is 2.99. The molecule has 2 heterocycles. The Balaban J connectivity index is 2.09. The van der Waals surface area contributed by atoms with Gasteiger partial charge in [0.15, 0.2) is 0 Å². The van der Waals surface area contributed by atoms with Gasteiger partial charge in [-0.3, -0.25) is 14.7 Å². The van der Waals surface area contributed by atoms with E-state index >= 15 is 0 Å². The largest absolute Gasteiger partial charge is 0.369 e. The molecule has 0 aromatic carbocycles. The standard InChI is InChI=1S/C13H17N3O/c1-10-3-2-6-15-13(10)11-4-7-16(8-5-11)9-12(14)17/h2-4,6H,5,7-9H2,1H3,(H2,14,17). The van der Waals surface area contributed by atoms with E-state index < -0.39 is 0 Å². The second-order valence-corrected chi connectivity index (χ2v) is 4.35. The maximum Gasteiger partial charge on any atom is 0.231 e. The molecule has 0 atom stereocenters. The molecule has 0 aliphatic carbocycles. The Kier molecular flexibility index (Phi) is 3.54. The lowest BCUT2D eigenvalue weighted by atomic mass is 10.0. The number of nitrogens with two attached hydrogens (primary N) is 1. The van der Waals surface area contributed by atoms with Crippen LogP contribution >= 0.6 is 0 Å². The van der Waals surface area contributed by atoms with Gasteiger partial charge in [-0.2, -0.15) is 0 Å². The van der Waals surface area contributed by atoms with Gasteiger partial charge in [-0.05, 0) is 30.5 Å². The van der Waals surface area contributed by atoms with Crippen LogP contribution in [0.1, 0.15) is 17.7 Å².